The molecule has 0 saturated carbocycles. The molecule has 1 aromatic carbocycles. The summed E-state index contributed by atoms with van der Waals surface area (Å²) in [5.74, 6) is 0.405. The average molecular weight is 347 g/mol. The molecule has 24 heavy (non-hydrogen) atoms. The van der Waals surface area contributed by atoms with E-state index in [1.165, 1.54) is 24.5 Å². The molecule has 0 saturated heterocycles. The highest BCUT2D eigenvalue weighted by molar-refractivity contribution is 7.12. The van der Waals surface area contributed by atoms with Gasteiger partial charge in [-0.15, -0.1) is 11.3 Å². The van der Waals surface area contributed by atoms with Gasteiger partial charge in [0, 0.05) is 12.1 Å². The molecule has 126 valence electrons. The van der Waals surface area contributed by atoms with Gasteiger partial charge in [0.1, 0.15) is 16.4 Å². The van der Waals surface area contributed by atoms with Crippen molar-refractivity contribution in [1.29, 1.82) is 0 Å². The molecule has 0 aliphatic rings. The molecule has 0 spiro atoms. The van der Waals surface area contributed by atoms with Crippen LogP contribution in [0.25, 0.3) is 6.08 Å². The Morgan fingerprint density at radius 3 is 2.33 bits per heavy atom. The fourth-order valence-corrected chi connectivity index (χ4v) is 2.70. The van der Waals surface area contributed by atoms with Crippen LogP contribution < -0.4 is 14.8 Å². The summed E-state index contributed by atoms with van der Waals surface area (Å²) in [5, 5.41) is 4.36. The monoisotopic (exact) mass is 347 g/mol. The first-order valence-corrected chi connectivity index (χ1v) is 7.83. The lowest BCUT2D eigenvalue weighted by molar-refractivity contribution is -0.111. The second kappa shape index (κ2) is 8.16. The molecule has 7 heteroatoms. The van der Waals surface area contributed by atoms with Crippen LogP contribution in [0.4, 0.5) is 5.69 Å². The summed E-state index contributed by atoms with van der Waals surface area (Å²) in [7, 11) is 4.41. The number of rotatable bonds is 6. The third kappa shape index (κ3) is 4.36. The number of methoxy groups -OCH3 is 3. The van der Waals surface area contributed by atoms with Gasteiger partial charge in [0.15, 0.2) is 0 Å². The Morgan fingerprint density at radius 2 is 1.75 bits per heavy atom. The number of amides is 1. The van der Waals surface area contributed by atoms with E-state index in [-0.39, 0.29) is 5.91 Å². The summed E-state index contributed by atoms with van der Waals surface area (Å²) in [4.78, 5) is 24.0. The summed E-state index contributed by atoms with van der Waals surface area (Å²) in [5.41, 5.74) is 1.17. The second-order valence-corrected chi connectivity index (χ2v) is 5.54. The molecule has 1 amide bonds. The molecule has 1 aromatic heterocycles. The predicted octanol–water partition coefficient (Wildman–Crippen LogP) is 3.20. The van der Waals surface area contributed by atoms with Gasteiger partial charge in [-0.2, -0.15) is 0 Å². The summed E-state index contributed by atoms with van der Waals surface area (Å²) < 4.78 is 15.0. The number of benzene rings is 1. The van der Waals surface area contributed by atoms with Crippen LogP contribution in [0, 0.1) is 0 Å². The van der Waals surface area contributed by atoms with Crippen LogP contribution in [-0.2, 0) is 9.53 Å². The number of nitrogens with one attached hydrogen (secondary N) is 1. The zero-order chi connectivity index (χ0) is 17.5. The predicted molar refractivity (Wildman–Crippen MR) is 92.9 cm³/mol. The van der Waals surface area contributed by atoms with Gasteiger partial charge in [-0.25, -0.2) is 4.79 Å². The first-order chi connectivity index (χ1) is 11.6. The van der Waals surface area contributed by atoms with Crippen molar-refractivity contribution in [2.75, 3.05) is 26.6 Å². The van der Waals surface area contributed by atoms with Crippen LogP contribution in [0.2, 0.25) is 0 Å². The van der Waals surface area contributed by atoms with E-state index in [9.17, 15) is 9.59 Å². The van der Waals surface area contributed by atoms with Crippen molar-refractivity contribution in [3.05, 3.63) is 46.2 Å². The number of hydrogen-bond acceptors (Lipinski definition) is 6. The summed E-state index contributed by atoms with van der Waals surface area (Å²) >= 11 is 1.20. The quantitative estimate of drug-likeness (QED) is 0.642. The smallest absolute Gasteiger partial charge is 0.350 e. The van der Waals surface area contributed by atoms with Crippen molar-refractivity contribution < 1.29 is 23.8 Å². The Hall–Kier alpha value is -2.80. The molecule has 0 fully saturated rings. The van der Waals surface area contributed by atoms with Gasteiger partial charge in [0.05, 0.1) is 27.0 Å². The Morgan fingerprint density at radius 1 is 1.08 bits per heavy atom. The fraction of sp³-hybridized carbons (Fsp3) is 0.176. The van der Waals surface area contributed by atoms with Crippen LogP contribution in [0.15, 0.2) is 35.7 Å². The number of anilines is 1. The van der Waals surface area contributed by atoms with Gasteiger partial charge in [-0.3, -0.25) is 4.79 Å². The Kier molecular flexibility index (Phi) is 5.97. The van der Waals surface area contributed by atoms with Crippen LogP contribution in [0.3, 0.4) is 0 Å². The molecule has 1 heterocycles. The topological polar surface area (TPSA) is 73.9 Å². The van der Waals surface area contributed by atoms with E-state index in [2.05, 4.69) is 10.1 Å². The third-order valence-electron chi connectivity index (χ3n) is 3.09. The van der Waals surface area contributed by atoms with Crippen molar-refractivity contribution in [3.8, 4) is 11.5 Å². The van der Waals surface area contributed by atoms with E-state index in [1.54, 1.807) is 49.9 Å². The van der Waals surface area contributed by atoms with Gasteiger partial charge in [-0.1, -0.05) is 0 Å². The van der Waals surface area contributed by atoms with Crippen molar-refractivity contribution in [3.63, 3.8) is 0 Å². The number of carbonyl (C=O) groups is 2. The van der Waals surface area contributed by atoms with Gasteiger partial charge in [-0.05, 0) is 35.2 Å². The fourth-order valence-electron chi connectivity index (χ4n) is 1.93. The lowest BCUT2D eigenvalue weighted by atomic mass is 10.2. The molecule has 0 radical (unpaired) electrons. The van der Waals surface area contributed by atoms with Crippen LogP contribution >= 0.6 is 11.3 Å². The molecular formula is C17H17NO5S. The van der Waals surface area contributed by atoms with E-state index in [0.717, 1.165) is 5.56 Å². The maximum atomic E-state index is 12.0. The SMILES string of the molecule is COC(=O)c1sccc1NC(=O)/C=C/c1cc(OC)cc(OC)c1. The maximum Gasteiger partial charge on any atom is 0.350 e. The average Bonchev–Trinajstić information content (AvgIpc) is 3.06. The van der Waals surface area contributed by atoms with E-state index >= 15 is 0 Å². The Labute approximate surface area is 143 Å². The van der Waals surface area contributed by atoms with Crippen molar-refractivity contribution >= 4 is 35.0 Å². The minimum Gasteiger partial charge on any atom is -0.497 e. The normalized spacial score (nSPS) is 10.5. The number of ether oxygens (including phenoxy) is 3. The highest BCUT2D eigenvalue weighted by Gasteiger charge is 2.14. The molecule has 0 atom stereocenters. The zero-order valence-electron chi connectivity index (χ0n) is 13.5. The third-order valence-corrected chi connectivity index (χ3v) is 3.99. The van der Waals surface area contributed by atoms with Crippen molar-refractivity contribution in [1.82, 2.24) is 0 Å². The van der Waals surface area contributed by atoms with Crippen molar-refractivity contribution in [2.24, 2.45) is 0 Å². The van der Waals surface area contributed by atoms with Crippen LogP contribution in [0.5, 0.6) is 11.5 Å². The van der Waals surface area contributed by atoms with E-state index in [4.69, 9.17) is 9.47 Å². The summed E-state index contributed by atoms with van der Waals surface area (Å²) in [6.07, 6.45) is 3.00. The number of hydrogen-bond donors (Lipinski definition) is 1. The Bertz CT molecular complexity index is 744. The molecule has 1 N–H and O–H groups in total. The summed E-state index contributed by atoms with van der Waals surface area (Å²) in [6, 6.07) is 6.94. The standard InChI is InChI=1S/C17H17NO5S/c1-21-12-8-11(9-13(10-12)22-2)4-5-15(19)18-14-6-7-24-16(14)17(20)23-3/h4-10H,1-3H3,(H,18,19)/b5-4+. The van der Waals surface area contributed by atoms with Crippen LogP contribution in [-0.4, -0.2) is 33.2 Å². The molecule has 2 aromatic rings. The second-order valence-electron chi connectivity index (χ2n) is 4.62. The molecular weight excluding hydrogens is 330 g/mol. The minimum atomic E-state index is -0.484. The Balaban J connectivity index is 2.11. The molecule has 0 unspecified atom stereocenters. The summed E-state index contributed by atoms with van der Waals surface area (Å²) in [6.45, 7) is 0. The number of thiophene rings is 1. The highest BCUT2D eigenvalue weighted by atomic mass is 32.1. The molecule has 2 rings (SSSR count). The van der Waals surface area contributed by atoms with Gasteiger partial charge < -0.3 is 19.5 Å². The molecule has 0 aliphatic heterocycles. The minimum absolute atomic E-state index is 0.349. The molecule has 0 aliphatic carbocycles. The van der Waals surface area contributed by atoms with Crippen molar-refractivity contribution in [2.45, 2.75) is 0 Å². The number of carbonyl (C=O) groups excluding carboxylic acids is 2. The van der Waals surface area contributed by atoms with E-state index in [1.807, 2.05) is 0 Å². The number of esters is 1. The van der Waals surface area contributed by atoms with Gasteiger partial charge in [0.2, 0.25) is 5.91 Å². The first kappa shape index (κ1) is 17.6. The lowest BCUT2D eigenvalue weighted by Crippen LogP contribution is -2.10. The van der Waals surface area contributed by atoms with Gasteiger partial charge >= 0.3 is 5.97 Å². The largest absolute Gasteiger partial charge is 0.497 e. The first-order valence-electron chi connectivity index (χ1n) is 6.95. The zero-order valence-corrected chi connectivity index (χ0v) is 14.3. The highest BCUT2D eigenvalue weighted by Crippen LogP contribution is 2.24. The van der Waals surface area contributed by atoms with E-state index < -0.39 is 5.97 Å². The van der Waals surface area contributed by atoms with Gasteiger partial charge in [0.25, 0.3) is 0 Å². The van der Waals surface area contributed by atoms with Crippen LogP contribution in [0.1, 0.15) is 15.2 Å². The molecule has 6 nitrogen and oxygen atoms in total. The van der Waals surface area contributed by atoms with E-state index in [0.29, 0.717) is 22.1 Å². The lowest BCUT2D eigenvalue weighted by Gasteiger charge is -2.06. The molecule has 0 bridgehead atoms. The maximum absolute atomic E-state index is 12.0.